The molecule has 0 aromatic carbocycles. The summed E-state index contributed by atoms with van der Waals surface area (Å²) >= 11 is 0. The highest BCUT2D eigenvalue weighted by Gasteiger charge is 2.14. The van der Waals surface area contributed by atoms with Gasteiger partial charge in [-0.3, -0.25) is 4.68 Å². The predicted octanol–water partition coefficient (Wildman–Crippen LogP) is 2.65. The van der Waals surface area contributed by atoms with Crippen molar-refractivity contribution in [3.05, 3.63) is 17.5 Å². The molecule has 2 N–H and O–H groups in total. The van der Waals surface area contributed by atoms with Crippen LogP contribution in [0.25, 0.3) is 0 Å². The summed E-state index contributed by atoms with van der Waals surface area (Å²) in [5.41, 5.74) is 8.44. The van der Waals surface area contributed by atoms with Gasteiger partial charge in [-0.1, -0.05) is 20.3 Å². The SMILES string of the molecule is CCC(C)CC(N)c1cc(C)nn1CC. The van der Waals surface area contributed by atoms with Crippen LogP contribution in [-0.2, 0) is 6.54 Å². The maximum Gasteiger partial charge on any atom is 0.0597 e. The van der Waals surface area contributed by atoms with Crippen LogP contribution in [0.1, 0.15) is 51.0 Å². The van der Waals surface area contributed by atoms with Gasteiger partial charge in [0.25, 0.3) is 0 Å². The van der Waals surface area contributed by atoms with Crippen LogP contribution in [-0.4, -0.2) is 9.78 Å². The Bertz CT molecular complexity index is 304. The first kappa shape index (κ1) is 12.2. The summed E-state index contributed by atoms with van der Waals surface area (Å²) in [7, 11) is 0. The Labute approximate surface area is 92.7 Å². The number of hydrogen-bond donors (Lipinski definition) is 1. The molecule has 0 radical (unpaired) electrons. The van der Waals surface area contributed by atoms with Crippen LogP contribution in [0.2, 0.25) is 0 Å². The Balaban J connectivity index is 2.75. The molecule has 15 heavy (non-hydrogen) atoms. The van der Waals surface area contributed by atoms with Crippen molar-refractivity contribution in [3.63, 3.8) is 0 Å². The van der Waals surface area contributed by atoms with Gasteiger partial charge >= 0.3 is 0 Å². The van der Waals surface area contributed by atoms with Crippen LogP contribution in [0, 0.1) is 12.8 Å². The van der Waals surface area contributed by atoms with E-state index in [9.17, 15) is 0 Å². The molecular weight excluding hydrogens is 186 g/mol. The Morgan fingerprint density at radius 2 is 2.13 bits per heavy atom. The third kappa shape index (κ3) is 3.06. The zero-order valence-electron chi connectivity index (χ0n) is 10.3. The minimum Gasteiger partial charge on any atom is -0.323 e. The molecule has 0 aliphatic heterocycles. The number of aryl methyl sites for hydroxylation is 2. The molecule has 1 rings (SSSR count). The van der Waals surface area contributed by atoms with Gasteiger partial charge in [-0.15, -0.1) is 0 Å². The number of rotatable bonds is 5. The van der Waals surface area contributed by atoms with Crippen molar-refractivity contribution in [2.24, 2.45) is 11.7 Å². The maximum atomic E-state index is 6.20. The fourth-order valence-corrected chi connectivity index (χ4v) is 1.84. The number of nitrogens with zero attached hydrogens (tertiary/aromatic N) is 2. The normalized spacial score (nSPS) is 15.3. The lowest BCUT2D eigenvalue weighted by molar-refractivity contribution is 0.439. The zero-order chi connectivity index (χ0) is 11.4. The molecule has 1 heterocycles. The van der Waals surface area contributed by atoms with Crippen molar-refractivity contribution in [3.8, 4) is 0 Å². The average molecular weight is 209 g/mol. The Hall–Kier alpha value is -0.830. The third-order valence-corrected chi connectivity index (χ3v) is 2.97. The summed E-state index contributed by atoms with van der Waals surface area (Å²) in [4.78, 5) is 0. The molecule has 3 nitrogen and oxygen atoms in total. The molecule has 1 aromatic heterocycles. The third-order valence-electron chi connectivity index (χ3n) is 2.97. The molecule has 0 spiro atoms. The molecule has 0 saturated carbocycles. The molecule has 1 aromatic rings. The van der Waals surface area contributed by atoms with Crippen molar-refractivity contribution in [1.82, 2.24) is 9.78 Å². The Morgan fingerprint density at radius 3 is 2.67 bits per heavy atom. The standard InChI is InChI=1S/C12H23N3/c1-5-9(3)7-11(13)12-8-10(4)14-15(12)6-2/h8-9,11H,5-7,13H2,1-4H3. The van der Waals surface area contributed by atoms with Gasteiger partial charge in [0.1, 0.15) is 0 Å². The summed E-state index contributed by atoms with van der Waals surface area (Å²) in [6.07, 6.45) is 2.23. The summed E-state index contributed by atoms with van der Waals surface area (Å²) in [5.74, 6) is 0.681. The van der Waals surface area contributed by atoms with Crippen LogP contribution in [0.5, 0.6) is 0 Å². The van der Waals surface area contributed by atoms with Crippen LogP contribution in [0.3, 0.4) is 0 Å². The van der Waals surface area contributed by atoms with Gasteiger partial charge in [-0.25, -0.2) is 0 Å². The monoisotopic (exact) mass is 209 g/mol. The molecule has 0 bridgehead atoms. The molecule has 2 atom stereocenters. The zero-order valence-corrected chi connectivity index (χ0v) is 10.3. The average Bonchev–Trinajstić information content (AvgIpc) is 2.59. The smallest absolute Gasteiger partial charge is 0.0597 e. The van der Waals surface area contributed by atoms with Gasteiger partial charge in [0, 0.05) is 12.6 Å². The molecule has 0 amide bonds. The quantitative estimate of drug-likeness (QED) is 0.810. The highest BCUT2D eigenvalue weighted by atomic mass is 15.3. The minimum atomic E-state index is 0.126. The van der Waals surface area contributed by atoms with Gasteiger partial charge < -0.3 is 5.73 Å². The second-order valence-corrected chi connectivity index (χ2v) is 4.38. The van der Waals surface area contributed by atoms with Gasteiger partial charge in [-0.2, -0.15) is 5.10 Å². The van der Waals surface area contributed by atoms with Gasteiger partial charge in [0.2, 0.25) is 0 Å². The van der Waals surface area contributed by atoms with E-state index in [4.69, 9.17) is 5.73 Å². The Morgan fingerprint density at radius 1 is 1.47 bits per heavy atom. The lowest BCUT2D eigenvalue weighted by Crippen LogP contribution is -2.18. The van der Waals surface area contributed by atoms with Crippen LogP contribution < -0.4 is 5.73 Å². The number of nitrogens with two attached hydrogens (primary N) is 1. The van der Waals surface area contributed by atoms with Crippen molar-refractivity contribution in [1.29, 1.82) is 0 Å². The second-order valence-electron chi connectivity index (χ2n) is 4.38. The molecule has 0 saturated heterocycles. The lowest BCUT2D eigenvalue weighted by atomic mass is 9.98. The van der Waals surface area contributed by atoms with Crippen LogP contribution >= 0.6 is 0 Å². The highest BCUT2D eigenvalue weighted by Crippen LogP contribution is 2.21. The molecule has 86 valence electrons. The molecule has 0 aliphatic carbocycles. The summed E-state index contributed by atoms with van der Waals surface area (Å²) < 4.78 is 2.02. The predicted molar refractivity (Wildman–Crippen MR) is 63.6 cm³/mol. The lowest BCUT2D eigenvalue weighted by Gasteiger charge is -2.16. The molecular formula is C12H23N3. The van der Waals surface area contributed by atoms with Crippen molar-refractivity contribution in [2.45, 2.75) is 53.1 Å². The largest absolute Gasteiger partial charge is 0.323 e. The summed E-state index contributed by atoms with van der Waals surface area (Å²) in [6.45, 7) is 9.48. The van der Waals surface area contributed by atoms with Gasteiger partial charge in [0.05, 0.1) is 11.4 Å². The fraction of sp³-hybridized carbons (Fsp3) is 0.750. The van der Waals surface area contributed by atoms with Crippen molar-refractivity contribution < 1.29 is 0 Å². The van der Waals surface area contributed by atoms with E-state index in [1.807, 2.05) is 11.6 Å². The van der Waals surface area contributed by atoms with E-state index in [0.29, 0.717) is 5.92 Å². The second kappa shape index (κ2) is 5.31. The van der Waals surface area contributed by atoms with Crippen LogP contribution in [0.15, 0.2) is 6.07 Å². The summed E-state index contributed by atoms with van der Waals surface area (Å²) in [5, 5.41) is 4.42. The molecule has 0 aliphatic rings. The van der Waals surface area contributed by atoms with E-state index in [1.165, 1.54) is 12.1 Å². The molecule has 3 heteroatoms. The fourth-order valence-electron chi connectivity index (χ4n) is 1.84. The van der Waals surface area contributed by atoms with Crippen LogP contribution in [0.4, 0.5) is 0 Å². The maximum absolute atomic E-state index is 6.20. The molecule has 2 unspecified atom stereocenters. The van der Waals surface area contributed by atoms with Crippen molar-refractivity contribution in [2.75, 3.05) is 0 Å². The Kier molecular flexibility index (Phi) is 4.33. The van der Waals surface area contributed by atoms with E-state index in [0.717, 1.165) is 18.7 Å². The minimum absolute atomic E-state index is 0.126. The first-order valence-electron chi connectivity index (χ1n) is 5.88. The van der Waals surface area contributed by atoms with E-state index >= 15 is 0 Å². The van der Waals surface area contributed by atoms with E-state index in [1.54, 1.807) is 0 Å². The van der Waals surface area contributed by atoms with E-state index in [2.05, 4.69) is 31.9 Å². The number of aromatic nitrogens is 2. The summed E-state index contributed by atoms with van der Waals surface area (Å²) in [6, 6.07) is 2.23. The van der Waals surface area contributed by atoms with E-state index < -0.39 is 0 Å². The topological polar surface area (TPSA) is 43.8 Å². The highest BCUT2D eigenvalue weighted by molar-refractivity contribution is 5.12. The van der Waals surface area contributed by atoms with Gasteiger partial charge in [0.15, 0.2) is 0 Å². The van der Waals surface area contributed by atoms with E-state index in [-0.39, 0.29) is 6.04 Å². The van der Waals surface area contributed by atoms with Crippen molar-refractivity contribution >= 4 is 0 Å². The first-order valence-corrected chi connectivity index (χ1v) is 5.88. The first-order chi connectivity index (χ1) is 7.08. The van der Waals surface area contributed by atoms with Gasteiger partial charge in [-0.05, 0) is 32.3 Å². The number of hydrogen-bond acceptors (Lipinski definition) is 2. The molecule has 0 fully saturated rings.